The summed E-state index contributed by atoms with van der Waals surface area (Å²) in [5.41, 5.74) is -0.973. The van der Waals surface area contributed by atoms with Crippen LogP contribution >= 0.6 is 23.2 Å². The molecule has 0 saturated heterocycles. The van der Waals surface area contributed by atoms with Gasteiger partial charge in [-0.05, 0) is 12.8 Å². The minimum Gasteiger partial charge on any atom is -0.481 e. The maximum absolute atomic E-state index is 10.7. The van der Waals surface area contributed by atoms with Gasteiger partial charge < -0.3 is 5.11 Å². The lowest BCUT2D eigenvalue weighted by molar-refractivity contribution is -0.223. The first-order valence-electron chi connectivity index (χ1n) is 3.47. The van der Waals surface area contributed by atoms with Gasteiger partial charge in [-0.1, -0.05) is 30.1 Å². The molecule has 1 N–H and O–H groups in total. The molecule has 0 spiro atoms. The Morgan fingerprint density at radius 2 is 1.91 bits per heavy atom. The highest BCUT2D eigenvalue weighted by molar-refractivity contribution is 6.52. The molecule has 0 aromatic rings. The van der Waals surface area contributed by atoms with Crippen molar-refractivity contribution in [2.75, 3.05) is 0 Å². The lowest BCUT2D eigenvalue weighted by atomic mass is 9.35. The Morgan fingerprint density at radius 1 is 1.45 bits per heavy atom. The SMILES string of the molecule is CC12CC(C(=O)O)(C1)C2(Cl)Cl. The van der Waals surface area contributed by atoms with E-state index < -0.39 is 15.7 Å². The summed E-state index contributed by atoms with van der Waals surface area (Å²) in [4.78, 5) is 10.7. The van der Waals surface area contributed by atoms with Gasteiger partial charge in [0.15, 0.2) is 0 Å². The minimum atomic E-state index is -1.02. The van der Waals surface area contributed by atoms with Crippen molar-refractivity contribution in [2.45, 2.75) is 24.1 Å². The number of hydrogen-bond acceptors (Lipinski definition) is 1. The van der Waals surface area contributed by atoms with Gasteiger partial charge in [0, 0.05) is 5.41 Å². The van der Waals surface area contributed by atoms with Gasteiger partial charge in [0.1, 0.15) is 9.75 Å². The van der Waals surface area contributed by atoms with Crippen LogP contribution in [0.25, 0.3) is 0 Å². The van der Waals surface area contributed by atoms with Crippen molar-refractivity contribution in [3.8, 4) is 0 Å². The fraction of sp³-hybridized carbons (Fsp3) is 0.857. The summed E-state index contributed by atoms with van der Waals surface area (Å²) in [7, 11) is 0. The second-order valence-corrected chi connectivity index (χ2v) is 5.20. The van der Waals surface area contributed by atoms with Crippen molar-refractivity contribution in [3.05, 3.63) is 0 Å². The second-order valence-electron chi connectivity index (χ2n) is 3.88. The Labute approximate surface area is 74.5 Å². The van der Waals surface area contributed by atoms with Crippen LogP contribution in [0.4, 0.5) is 0 Å². The van der Waals surface area contributed by atoms with E-state index in [4.69, 9.17) is 28.3 Å². The third-order valence-corrected chi connectivity index (χ3v) is 4.79. The summed E-state index contributed by atoms with van der Waals surface area (Å²) >= 11 is 11.8. The van der Waals surface area contributed by atoms with E-state index in [9.17, 15) is 4.79 Å². The van der Waals surface area contributed by atoms with Crippen LogP contribution in [0.1, 0.15) is 19.8 Å². The van der Waals surface area contributed by atoms with Gasteiger partial charge in [-0.25, -0.2) is 0 Å². The average molecular weight is 195 g/mol. The van der Waals surface area contributed by atoms with E-state index >= 15 is 0 Å². The smallest absolute Gasteiger partial charge is 0.312 e. The van der Waals surface area contributed by atoms with Crippen molar-refractivity contribution < 1.29 is 9.90 Å². The highest BCUT2D eigenvalue weighted by Crippen LogP contribution is 2.83. The van der Waals surface area contributed by atoms with Crippen molar-refractivity contribution in [3.63, 3.8) is 0 Å². The summed E-state index contributed by atoms with van der Waals surface area (Å²) in [5, 5.41) is 8.81. The van der Waals surface area contributed by atoms with E-state index in [0.29, 0.717) is 12.8 Å². The molecular weight excluding hydrogens is 187 g/mol. The topological polar surface area (TPSA) is 37.3 Å². The third kappa shape index (κ3) is 0.501. The van der Waals surface area contributed by atoms with E-state index in [2.05, 4.69) is 0 Å². The first-order valence-corrected chi connectivity index (χ1v) is 4.23. The fourth-order valence-corrected chi connectivity index (χ4v) is 3.07. The number of alkyl halides is 2. The van der Waals surface area contributed by atoms with E-state index in [1.165, 1.54) is 0 Å². The quantitative estimate of drug-likeness (QED) is 0.650. The molecule has 0 radical (unpaired) electrons. The molecule has 0 aliphatic heterocycles. The van der Waals surface area contributed by atoms with Gasteiger partial charge in [0.2, 0.25) is 0 Å². The lowest BCUT2D eigenvalue weighted by Crippen LogP contribution is -2.79. The zero-order chi connectivity index (χ0) is 8.49. The molecule has 0 aromatic heterocycles. The summed E-state index contributed by atoms with van der Waals surface area (Å²) < 4.78 is -1.02. The number of hydrogen-bond donors (Lipinski definition) is 1. The van der Waals surface area contributed by atoms with E-state index in [-0.39, 0.29) is 5.41 Å². The normalized spacial score (nSPS) is 50.8. The number of rotatable bonds is 1. The average Bonchev–Trinajstić information content (AvgIpc) is 1.81. The highest BCUT2D eigenvalue weighted by Gasteiger charge is 2.85. The molecule has 0 heterocycles. The van der Waals surface area contributed by atoms with Gasteiger partial charge in [0.05, 0.1) is 0 Å². The summed E-state index contributed by atoms with van der Waals surface area (Å²) in [6.45, 7) is 1.93. The monoisotopic (exact) mass is 194 g/mol. The lowest BCUT2D eigenvalue weighted by Gasteiger charge is -2.75. The molecule has 2 nitrogen and oxygen atoms in total. The third-order valence-electron chi connectivity index (χ3n) is 3.15. The van der Waals surface area contributed by atoms with Crippen molar-refractivity contribution in [2.24, 2.45) is 10.8 Å². The number of carboxylic acids is 1. The number of aliphatic carboxylic acids is 1. The van der Waals surface area contributed by atoms with Gasteiger partial charge in [-0.15, -0.1) is 0 Å². The summed E-state index contributed by atoms with van der Waals surface area (Å²) in [6, 6.07) is 0. The van der Waals surface area contributed by atoms with Crippen LogP contribution in [0.5, 0.6) is 0 Å². The largest absolute Gasteiger partial charge is 0.481 e. The Kier molecular flexibility index (Phi) is 1.08. The number of carbonyl (C=O) groups is 1. The van der Waals surface area contributed by atoms with E-state index in [0.717, 1.165) is 0 Å². The maximum atomic E-state index is 10.7. The Balaban J connectivity index is 2.32. The van der Waals surface area contributed by atoms with Crippen molar-refractivity contribution in [1.82, 2.24) is 0 Å². The van der Waals surface area contributed by atoms with Crippen molar-refractivity contribution >= 4 is 29.2 Å². The zero-order valence-corrected chi connectivity index (χ0v) is 7.54. The molecular formula is C7H8Cl2O2. The molecule has 0 amide bonds. The molecule has 0 atom stereocenters. The molecule has 3 aliphatic carbocycles. The number of carboxylic acid groups (broad SMARTS) is 1. The Bertz CT molecular complexity index is 241. The standard InChI is InChI=1S/C7H8Cl2O2/c1-5-2-6(3-5,4(10)11)7(5,8)9/h2-3H2,1H3,(H,10,11). The van der Waals surface area contributed by atoms with Crippen LogP contribution in [-0.4, -0.2) is 15.4 Å². The first-order chi connectivity index (χ1) is 4.86. The van der Waals surface area contributed by atoms with Gasteiger partial charge >= 0.3 is 5.97 Å². The summed E-state index contributed by atoms with van der Waals surface area (Å²) in [5.74, 6) is -0.855. The van der Waals surface area contributed by atoms with E-state index in [1.54, 1.807) is 0 Å². The zero-order valence-electron chi connectivity index (χ0n) is 6.03. The number of halogens is 2. The predicted molar refractivity (Wildman–Crippen MR) is 41.8 cm³/mol. The summed E-state index contributed by atoms with van der Waals surface area (Å²) in [6.07, 6.45) is 1.25. The molecule has 0 aromatic carbocycles. The molecule has 3 rings (SSSR count). The van der Waals surface area contributed by atoms with E-state index in [1.807, 2.05) is 6.92 Å². The molecule has 11 heavy (non-hydrogen) atoms. The maximum Gasteiger partial charge on any atom is 0.312 e. The van der Waals surface area contributed by atoms with Crippen LogP contribution in [0.15, 0.2) is 0 Å². The molecule has 3 aliphatic rings. The molecule has 2 bridgehead atoms. The van der Waals surface area contributed by atoms with Crippen LogP contribution in [0.2, 0.25) is 0 Å². The minimum absolute atomic E-state index is 0.144. The Hall–Kier alpha value is 0.0500. The first kappa shape index (κ1) is 7.69. The predicted octanol–water partition coefficient (Wildman–Crippen LogP) is 2.04. The fourth-order valence-electron chi connectivity index (χ4n) is 2.37. The van der Waals surface area contributed by atoms with Crippen molar-refractivity contribution in [1.29, 1.82) is 0 Å². The second kappa shape index (κ2) is 1.55. The Morgan fingerprint density at radius 3 is 2.00 bits per heavy atom. The molecule has 3 fully saturated rings. The van der Waals surface area contributed by atoms with Gasteiger partial charge in [-0.3, -0.25) is 4.79 Å². The van der Waals surface area contributed by atoms with Crippen LogP contribution < -0.4 is 0 Å². The van der Waals surface area contributed by atoms with Crippen LogP contribution in [0.3, 0.4) is 0 Å². The van der Waals surface area contributed by atoms with Gasteiger partial charge in [0.25, 0.3) is 0 Å². The molecule has 62 valence electrons. The molecule has 4 heteroatoms. The molecule has 0 unspecified atom stereocenters. The highest BCUT2D eigenvalue weighted by atomic mass is 35.5. The van der Waals surface area contributed by atoms with Crippen LogP contribution in [0, 0.1) is 10.8 Å². The molecule has 3 saturated carbocycles. The van der Waals surface area contributed by atoms with Gasteiger partial charge in [-0.2, -0.15) is 0 Å². The van der Waals surface area contributed by atoms with Crippen LogP contribution in [-0.2, 0) is 4.79 Å².